The lowest BCUT2D eigenvalue weighted by Gasteiger charge is -2.40. The fraction of sp³-hybridized carbons (Fsp3) is 0.733. The van der Waals surface area contributed by atoms with Gasteiger partial charge in [0.2, 0.25) is 10.6 Å². The molecule has 24 heavy (non-hydrogen) atoms. The van der Waals surface area contributed by atoms with Crippen molar-refractivity contribution in [1.82, 2.24) is 19.7 Å². The summed E-state index contributed by atoms with van der Waals surface area (Å²) in [4.78, 5) is 1.90. The summed E-state index contributed by atoms with van der Waals surface area (Å²) in [5, 5.41) is 31.5. The molecule has 1 saturated heterocycles. The average Bonchev–Trinajstić information content (AvgIpc) is 3.14. The SMILES string of the molecule is C#CC(CCC)(CCC)N1CC(O)[N+]([O-])(c2nnc(S(C)=O)s2)C1. The summed E-state index contributed by atoms with van der Waals surface area (Å²) in [5.41, 5.74) is -0.532. The zero-order valence-corrected chi connectivity index (χ0v) is 15.9. The third kappa shape index (κ3) is 3.40. The highest BCUT2D eigenvalue weighted by Gasteiger charge is 2.49. The van der Waals surface area contributed by atoms with Gasteiger partial charge in [-0.1, -0.05) is 37.7 Å². The Morgan fingerprint density at radius 2 is 2.12 bits per heavy atom. The van der Waals surface area contributed by atoms with Crippen LogP contribution in [0.5, 0.6) is 0 Å². The minimum atomic E-state index is -1.30. The number of β-amino-alcohol motifs (C(OH)–C–C–N with tert-alkyl or cyclic N) is 1. The Bertz CT molecular complexity index is 639. The van der Waals surface area contributed by atoms with Gasteiger partial charge < -0.3 is 10.3 Å². The van der Waals surface area contributed by atoms with Crippen LogP contribution in [0.1, 0.15) is 39.5 Å². The van der Waals surface area contributed by atoms with E-state index in [1.807, 2.05) is 4.90 Å². The number of aliphatic hydroxyl groups is 1. The molecule has 1 aromatic rings. The van der Waals surface area contributed by atoms with Gasteiger partial charge in [-0.3, -0.25) is 8.86 Å². The summed E-state index contributed by atoms with van der Waals surface area (Å²) >= 11 is 0.987. The van der Waals surface area contributed by atoms with Gasteiger partial charge in [-0.05, 0) is 24.2 Å². The maximum absolute atomic E-state index is 13.2. The summed E-state index contributed by atoms with van der Waals surface area (Å²) in [6, 6.07) is 0. The van der Waals surface area contributed by atoms with Crippen LogP contribution >= 0.6 is 11.3 Å². The molecule has 2 rings (SSSR count). The first-order valence-electron chi connectivity index (χ1n) is 8.00. The van der Waals surface area contributed by atoms with E-state index < -0.39 is 27.2 Å². The van der Waals surface area contributed by atoms with E-state index in [0.29, 0.717) is 0 Å². The molecular weight excluding hydrogens is 348 g/mol. The molecule has 0 radical (unpaired) electrons. The molecule has 0 bridgehead atoms. The van der Waals surface area contributed by atoms with Crippen molar-refractivity contribution in [2.75, 3.05) is 19.5 Å². The average molecular weight is 373 g/mol. The second-order valence-corrected chi connectivity index (χ2v) is 8.63. The standard InChI is InChI=1S/C15H24N4O3S2/c1-5-8-15(7-3,9-6-2)18-10-12(20)19(21,11-18)13-16-17-14(23-13)24(4)22/h3,12,20H,5-6,8-11H2,1-2,4H3. The van der Waals surface area contributed by atoms with Gasteiger partial charge >= 0.3 is 5.13 Å². The highest BCUT2D eigenvalue weighted by molar-refractivity contribution is 7.86. The minimum Gasteiger partial charge on any atom is -0.623 e. The fourth-order valence-electron chi connectivity index (χ4n) is 3.21. The van der Waals surface area contributed by atoms with Crippen molar-refractivity contribution in [3.63, 3.8) is 0 Å². The molecule has 7 nitrogen and oxygen atoms in total. The first kappa shape index (κ1) is 19.4. The van der Waals surface area contributed by atoms with E-state index in [4.69, 9.17) is 6.42 Å². The van der Waals surface area contributed by atoms with Gasteiger partial charge in [-0.15, -0.1) is 11.5 Å². The van der Waals surface area contributed by atoms with Crippen LogP contribution in [-0.2, 0) is 10.8 Å². The molecule has 1 aromatic heterocycles. The van der Waals surface area contributed by atoms with E-state index in [2.05, 4.69) is 30.0 Å². The van der Waals surface area contributed by atoms with Gasteiger partial charge in [-0.2, -0.15) is 0 Å². The van der Waals surface area contributed by atoms with Crippen LogP contribution in [0.25, 0.3) is 0 Å². The number of quaternary nitrogens is 1. The third-order valence-electron chi connectivity index (χ3n) is 4.41. The van der Waals surface area contributed by atoms with Gasteiger partial charge in [0.05, 0.1) is 22.9 Å². The number of aromatic nitrogens is 2. The largest absolute Gasteiger partial charge is 0.623 e. The number of aliphatic hydroxyl groups excluding tert-OH is 1. The maximum Gasteiger partial charge on any atom is 0.310 e. The number of hydrogen-bond donors (Lipinski definition) is 1. The summed E-state index contributed by atoms with van der Waals surface area (Å²) < 4.78 is 10.8. The predicted molar refractivity (Wildman–Crippen MR) is 96.4 cm³/mol. The zero-order valence-electron chi connectivity index (χ0n) is 14.3. The van der Waals surface area contributed by atoms with E-state index in [1.54, 1.807) is 0 Å². The molecule has 134 valence electrons. The van der Waals surface area contributed by atoms with Crippen molar-refractivity contribution in [3.05, 3.63) is 5.21 Å². The summed E-state index contributed by atoms with van der Waals surface area (Å²) in [5.74, 6) is 2.88. The van der Waals surface area contributed by atoms with Crippen molar-refractivity contribution in [1.29, 1.82) is 0 Å². The van der Waals surface area contributed by atoms with Crippen molar-refractivity contribution >= 4 is 27.3 Å². The molecule has 1 fully saturated rings. The number of nitrogens with zero attached hydrogens (tertiary/aromatic N) is 4. The Morgan fingerprint density at radius 3 is 2.58 bits per heavy atom. The van der Waals surface area contributed by atoms with Crippen LogP contribution in [0, 0.1) is 17.6 Å². The molecular formula is C15H24N4O3S2. The van der Waals surface area contributed by atoms with Crippen LogP contribution in [0.4, 0.5) is 5.13 Å². The molecule has 0 aliphatic carbocycles. The van der Waals surface area contributed by atoms with E-state index >= 15 is 0 Å². The Balaban J connectivity index is 2.32. The first-order valence-corrected chi connectivity index (χ1v) is 10.4. The summed E-state index contributed by atoms with van der Waals surface area (Å²) in [7, 11) is -1.30. The van der Waals surface area contributed by atoms with Gasteiger partial charge in [0, 0.05) is 6.26 Å². The smallest absolute Gasteiger partial charge is 0.310 e. The van der Waals surface area contributed by atoms with Gasteiger partial charge in [0.1, 0.15) is 6.67 Å². The third-order valence-corrected chi connectivity index (χ3v) is 6.77. The second kappa shape index (κ2) is 7.56. The molecule has 0 spiro atoms. The van der Waals surface area contributed by atoms with Crippen LogP contribution in [0.3, 0.4) is 0 Å². The second-order valence-electron chi connectivity index (χ2n) is 6.12. The normalized spacial score (nSPS) is 26.4. The van der Waals surface area contributed by atoms with Crippen LogP contribution in [0.15, 0.2) is 4.34 Å². The van der Waals surface area contributed by atoms with Crippen LogP contribution < -0.4 is 4.65 Å². The van der Waals surface area contributed by atoms with Crippen molar-refractivity contribution in [3.8, 4) is 12.3 Å². The number of terminal acetylenes is 1. The van der Waals surface area contributed by atoms with Gasteiger partial charge in [0.15, 0.2) is 0 Å². The van der Waals surface area contributed by atoms with E-state index in [1.165, 1.54) is 6.26 Å². The molecule has 1 aliphatic rings. The van der Waals surface area contributed by atoms with Crippen LogP contribution in [0.2, 0.25) is 0 Å². The van der Waals surface area contributed by atoms with E-state index in [0.717, 1.165) is 37.0 Å². The molecule has 3 unspecified atom stereocenters. The summed E-state index contributed by atoms with van der Waals surface area (Å²) in [6.07, 6.45) is 9.46. The molecule has 0 saturated carbocycles. The number of hydroxylamine groups is 2. The lowest BCUT2D eigenvalue weighted by Crippen LogP contribution is -2.51. The van der Waals surface area contributed by atoms with Crippen LogP contribution in [-0.4, -0.2) is 55.6 Å². The van der Waals surface area contributed by atoms with Crippen molar-refractivity contribution in [2.45, 2.75) is 55.6 Å². The van der Waals surface area contributed by atoms with Gasteiger partial charge in [0.25, 0.3) is 0 Å². The molecule has 0 amide bonds. The number of hydrogen-bond acceptors (Lipinski definition) is 7. The Hall–Kier alpha value is -0.890. The highest BCUT2D eigenvalue weighted by Crippen LogP contribution is 2.38. The molecule has 1 N–H and O–H groups in total. The highest BCUT2D eigenvalue weighted by atomic mass is 32.2. The first-order chi connectivity index (χ1) is 11.3. The Kier molecular flexibility index (Phi) is 6.12. The molecule has 9 heteroatoms. The monoisotopic (exact) mass is 372 g/mol. The lowest BCUT2D eigenvalue weighted by atomic mass is 9.88. The Labute approximate surface area is 149 Å². The molecule has 2 heterocycles. The lowest BCUT2D eigenvalue weighted by molar-refractivity contribution is 0.0831. The number of rotatable bonds is 7. The quantitative estimate of drug-likeness (QED) is 0.445. The van der Waals surface area contributed by atoms with Crippen molar-refractivity contribution in [2.24, 2.45) is 0 Å². The maximum atomic E-state index is 13.2. The van der Waals surface area contributed by atoms with E-state index in [9.17, 15) is 14.5 Å². The minimum absolute atomic E-state index is 0.0242. The Morgan fingerprint density at radius 1 is 1.50 bits per heavy atom. The van der Waals surface area contributed by atoms with Gasteiger partial charge in [-0.25, -0.2) is 4.90 Å². The zero-order chi connectivity index (χ0) is 18.0. The topological polar surface area (TPSA) is 89.4 Å². The predicted octanol–water partition coefficient (Wildman–Crippen LogP) is 1.64. The van der Waals surface area contributed by atoms with Crippen molar-refractivity contribution < 1.29 is 9.32 Å². The molecule has 0 aromatic carbocycles. The molecule has 3 atom stereocenters. The van der Waals surface area contributed by atoms with E-state index in [-0.39, 0.29) is 22.7 Å². The molecule has 1 aliphatic heterocycles. The summed E-state index contributed by atoms with van der Waals surface area (Å²) in [6.45, 7) is 4.33. The fourth-order valence-corrected chi connectivity index (χ4v) is 4.71.